The molecule has 0 bridgehead atoms. The van der Waals surface area contributed by atoms with E-state index in [1.54, 1.807) is 17.7 Å². The van der Waals surface area contributed by atoms with E-state index in [9.17, 15) is 0 Å². The molecule has 5 rings (SSSR count). The minimum Gasteiger partial charge on any atom is -0.260 e. The number of nitrogens with one attached hydrogen (secondary N) is 1. The second-order valence-corrected chi connectivity index (χ2v) is 8.07. The van der Waals surface area contributed by atoms with Crippen LogP contribution in [0.5, 0.6) is 0 Å². The molecule has 2 heterocycles. The lowest BCUT2D eigenvalue weighted by molar-refractivity contribution is 0.700. The van der Waals surface area contributed by atoms with Crippen LogP contribution in [0.3, 0.4) is 0 Å². The molecule has 5 heteroatoms. The molecule has 0 spiro atoms. The lowest BCUT2D eigenvalue weighted by Gasteiger charge is -2.11. The predicted octanol–water partition coefficient (Wildman–Crippen LogP) is 5.56. The van der Waals surface area contributed by atoms with Crippen LogP contribution in [0.25, 0.3) is 21.0 Å². The molecule has 4 nitrogen and oxygen atoms in total. The number of nitrogens with zero attached hydrogens (tertiary/aromatic N) is 3. The number of fused-ring (bicyclic) bond motifs is 4. The molecule has 27 heavy (non-hydrogen) atoms. The summed E-state index contributed by atoms with van der Waals surface area (Å²) in [4.78, 5) is 11.5. The lowest BCUT2D eigenvalue weighted by Crippen LogP contribution is -2.03. The molecule has 0 amide bonds. The molecular weight excluding hydrogens is 352 g/mol. The highest BCUT2D eigenvalue weighted by molar-refractivity contribution is 7.19. The average Bonchev–Trinajstić information content (AvgIpc) is 3.11. The highest BCUT2D eigenvalue weighted by atomic mass is 32.1. The van der Waals surface area contributed by atoms with E-state index in [0.717, 1.165) is 40.2 Å². The number of aromatic nitrogens is 2. The lowest BCUT2D eigenvalue weighted by atomic mass is 9.97. The Morgan fingerprint density at radius 2 is 1.89 bits per heavy atom. The third-order valence-corrected chi connectivity index (χ3v) is 6.45. The van der Waals surface area contributed by atoms with Gasteiger partial charge in [0.15, 0.2) is 5.82 Å². The van der Waals surface area contributed by atoms with Crippen molar-refractivity contribution in [2.75, 3.05) is 5.43 Å². The predicted molar refractivity (Wildman–Crippen MR) is 114 cm³/mol. The number of thiophene rings is 1. The van der Waals surface area contributed by atoms with E-state index >= 15 is 0 Å². The molecule has 2 aromatic carbocycles. The maximum atomic E-state index is 4.63. The first-order valence-corrected chi connectivity index (χ1v) is 10.2. The fourth-order valence-electron chi connectivity index (χ4n) is 3.79. The fraction of sp³-hybridized carbons (Fsp3) is 0.227. The Morgan fingerprint density at radius 3 is 2.81 bits per heavy atom. The molecular formula is C22H20N4S. The van der Waals surface area contributed by atoms with Crippen LogP contribution in [0, 0.1) is 0 Å². The molecule has 4 aromatic rings. The zero-order chi connectivity index (χ0) is 18.2. The summed E-state index contributed by atoms with van der Waals surface area (Å²) in [7, 11) is 0. The maximum absolute atomic E-state index is 4.63. The Hall–Kier alpha value is -2.79. The van der Waals surface area contributed by atoms with Crippen molar-refractivity contribution < 1.29 is 0 Å². The van der Waals surface area contributed by atoms with Gasteiger partial charge < -0.3 is 0 Å². The van der Waals surface area contributed by atoms with Gasteiger partial charge in [0.2, 0.25) is 0 Å². The van der Waals surface area contributed by atoms with Gasteiger partial charge in [-0.05, 0) is 60.6 Å². The first-order chi connectivity index (χ1) is 13.3. The summed E-state index contributed by atoms with van der Waals surface area (Å²) in [5.74, 6) is 0.819. The first-order valence-electron chi connectivity index (χ1n) is 9.34. The molecule has 0 saturated heterocycles. The van der Waals surface area contributed by atoms with E-state index in [-0.39, 0.29) is 0 Å². The molecule has 0 atom stereocenters. The van der Waals surface area contributed by atoms with Gasteiger partial charge in [-0.3, -0.25) is 5.43 Å². The highest BCUT2D eigenvalue weighted by Gasteiger charge is 2.19. The van der Waals surface area contributed by atoms with Crippen molar-refractivity contribution in [2.24, 2.45) is 5.10 Å². The summed E-state index contributed by atoms with van der Waals surface area (Å²) < 4.78 is 0. The van der Waals surface area contributed by atoms with Crippen LogP contribution in [0.4, 0.5) is 5.82 Å². The SMILES string of the molecule is CC(=NNc1ncnc2sc3c(c12)CCCC3)c1ccc2ccccc2c1. The Kier molecular flexibility index (Phi) is 4.09. The standard InChI is InChI=1S/C22H20N4S/c1-14(16-11-10-15-6-2-3-7-17(15)12-16)25-26-21-20-18-8-4-5-9-19(18)27-22(20)24-13-23-21/h2-3,6-7,10-13H,4-5,8-9H2,1H3,(H,23,24,26). The zero-order valence-electron chi connectivity index (χ0n) is 15.2. The summed E-state index contributed by atoms with van der Waals surface area (Å²) in [5, 5.41) is 8.25. The van der Waals surface area contributed by atoms with Gasteiger partial charge in [-0.15, -0.1) is 11.3 Å². The summed E-state index contributed by atoms with van der Waals surface area (Å²) in [6.45, 7) is 2.03. The van der Waals surface area contributed by atoms with Gasteiger partial charge >= 0.3 is 0 Å². The van der Waals surface area contributed by atoms with Crippen molar-refractivity contribution in [2.45, 2.75) is 32.6 Å². The number of rotatable bonds is 3. The van der Waals surface area contributed by atoms with E-state index in [0.29, 0.717) is 0 Å². The van der Waals surface area contributed by atoms with Crippen molar-refractivity contribution in [3.8, 4) is 0 Å². The van der Waals surface area contributed by atoms with E-state index in [1.165, 1.54) is 34.1 Å². The number of anilines is 1. The third kappa shape index (κ3) is 2.98. The summed E-state index contributed by atoms with van der Waals surface area (Å²) in [6.07, 6.45) is 6.43. The van der Waals surface area contributed by atoms with Gasteiger partial charge in [-0.2, -0.15) is 5.10 Å². The van der Waals surface area contributed by atoms with Crippen LogP contribution in [-0.4, -0.2) is 15.7 Å². The first kappa shape index (κ1) is 16.4. The third-order valence-electron chi connectivity index (χ3n) is 5.25. The van der Waals surface area contributed by atoms with Crippen LogP contribution >= 0.6 is 11.3 Å². The summed E-state index contributed by atoms with van der Waals surface area (Å²) >= 11 is 1.81. The van der Waals surface area contributed by atoms with Gasteiger partial charge in [0.05, 0.1) is 11.1 Å². The quantitative estimate of drug-likeness (QED) is 0.378. The summed E-state index contributed by atoms with van der Waals surface area (Å²) in [6, 6.07) is 14.8. The van der Waals surface area contributed by atoms with Crippen LogP contribution in [0.2, 0.25) is 0 Å². The Bertz CT molecular complexity index is 1180. The van der Waals surface area contributed by atoms with Gasteiger partial charge in [-0.1, -0.05) is 36.4 Å². The Labute approximate surface area is 162 Å². The Balaban J connectivity index is 1.50. The fourth-order valence-corrected chi connectivity index (χ4v) is 5.02. The molecule has 0 aliphatic heterocycles. The van der Waals surface area contributed by atoms with Crippen LogP contribution in [0.15, 0.2) is 53.9 Å². The number of benzene rings is 2. The number of aryl methyl sites for hydroxylation is 2. The molecule has 2 aromatic heterocycles. The largest absolute Gasteiger partial charge is 0.260 e. The monoisotopic (exact) mass is 372 g/mol. The minimum absolute atomic E-state index is 0.819. The van der Waals surface area contributed by atoms with E-state index in [1.807, 2.05) is 6.92 Å². The van der Waals surface area contributed by atoms with E-state index in [4.69, 9.17) is 0 Å². The summed E-state index contributed by atoms with van der Waals surface area (Å²) in [5.41, 5.74) is 6.68. The van der Waals surface area contributed by atoms with Crippen LogP contribution in [0.1, 0.15) is 35.8 Å². The number of hydrazone groups is 1. The van der Waals surface area contributed by atoms with Crippen LogP contribution in [-0.2, 0) is 12.8 Å². The minimum atomic E-state index is 0.819. The van der Waals surface area contributed by atoms with Gasteiger partial charge in [0, 0.05) is 4.88 Å². The average molecular weight is 372 g/mol. The van der Waals surface area contributed by atoms with Crippen molar-refractivity contribution >= 4 is 43.9 Å². The van der Waals surface area contributed by atoms with E-state index in [2.05, 4.69) is 63.0 Å². The molecule has 134 valence electrons. The Morgan fingerprint density at radius 1 is 1.04 bits per heavy atom. The molecule has 1 N–H and O–H groups in total. The van der Waals surface area contributed by atoms with Gasteiger partial charge in [0.25, 0.3) is 0 Å². The molecule has 1 aliphatic carbocycles. The van der Waals surface area contributed by atoms with Crippen molar-refractivity contribution in [3.63, 3.8) is 0 Å². The van der Waals surface area contributed by atoms with Gasteiger partial charge in [-0.25, -0.2) is 9.97 Å². The van der Waals surface area contributed by atoms with Crippen molar-refractivity contribution in [1.29, 1.82) is 0 Å². The second kappa shape index (κ2) is 6.74. The second-order valence-electron chi connectivity index (χ2n) is 6.98. The molecule has 0 unspecified atom stereocenters. The van der Waals surface area contributed by atoms with Crippen molar-refractivity contribution in [3.05, 3.63) is 64.8 Å². The smallest absolute Gasteiger partial charge is 0.158 e. The normalized spacial score (nSPS) is 14.5. The topological polar surface area (TPSA) is 50.2 Å². The van der Waals surface area contributed by atoms with Crippen molar-refractivity contribution in [1.82, 2.24) is 9.97 Å². The van der Waals surface area contributed by atoms with Crippen LogP contribution < -0.4 is 5.43 Å². The molecule has 0 radical (unpaired) electrons. The highest BCUT2D eigenvalue weighted by Crippen LogP contribution is 2.38. The maximum Gasteiger partial charge on any atom is 0.158 e. The van der Waals surface area contributed by atoms with E-state index < -0.39 is 0 Å². The number of hydrogen-bond acceptors (Lipinski definition) is 5. The molecule has 1 aliphatic rings. The zero-order valence-corrected chi connectivity index (χ0v) is 16.0. The molecule has 0 fully saturated rings. The number of hydrogen-bond donors (Lipinski definition) is 1. The molecule has 0 saturated carbocycles. The van der Waals surface area contributed by atoms with Gasteiger partial charge in [0.1, 0.15) is 11.2 Å².